The number of allylic oxidation sites excluding steroid dienone is 2. The molecule has 306 valence electrons. The number of ketones is 1. The molecule has 57 heavy (non-hydrogen) atoms. The van der Waals surface area contributed by atoms with E-state index in [1.54, 1.807) is 87.0 Å². The van der Waals surface area contributed by atoms with E-state index < -0.39 is 11.2 Å². The lowest BCUT2D eigenvalue weighted by Crippen LogP contribution is -2.35. The van der Waals surface area contributed by atoms with Crippen LogP contribution < -0.4 is 45.0 Å². The lowest BCUT2D eigenvalue weighted by atomic mass is 10.1. The molecule has 17 heteroatoms. The highest BCUT2D eigenvalue weighted by Crippen LogP contribution is 2.20. The Morgan fingerprint density at radius 2 is 0.947 bits per heavy atom. The Bertz CT molecular complexity index is 2430. The summed E-state index contributed by atoms with van der Waals surface area (Å²) >= 11 is 0. The molecule has 4 heterocycles. The molecule has 4 aromatic heterocycles. The van der Waals surface area contributed by atoms with Crippen LogP contribution in [-0.2, 0) is 27.7 Å². The maximum absolute atomic E-state index is 12.6. The van der Waals surface area contributed by atoms with Crippen LogP contribution in [0.25, 0.3) is 0 Å². The first-order valence-electron chi connectivity index (χ1n) is 18.1. The summed E-state index contributed by atoms with van der Waals surface area (Å²) in [7, 11) is 4.88. The quantitative estimate of drug-likeness (QED) is 0.153. The summed E-state index contributed by atoms with van der Waals surface area (Å²) in [5.74, 6) is -0.0271. The molecule has 0 amide bonds. The van der Waals surface area contributed by atoms with Gasteiger partial charge in [0.05, 0.1) is 5.69 Å². The number of carbonyl (C=O) groups excluding carboxylic acids is 1. The van der Waals surface area contributed by atoms with E-state index in [1.165, 1.54) is 24.3 Å². The Hall–Kier alpha value is -6.65. The van der Waals surface area contributed by atoms with Crippen molar-refractivity contribution < 1.29 is 4.79 Å². The zero-order valence-corrected chi connectivity index (χ0v) is 34.3. The third-order valence-corrected chi connectivity index (χ3v) is 9.58. The van der Waals surface area contributed by atoms with Gasteiger partial charge in [0.1, 0.15) is 0 Å². The summed E-state index contributed by atoms with van der Waals surface area (Å²) in [4.78, 5) is 111. The Morgan fingerprint density at radius 1 is 0.579 bits per heavy atom. The number of hydrogen-bond donors (Lipinski definition) is 4. The standard InChI is InChI=1S/C17H16N2O3.3C7H10N2O2.C2H6/c20-15-10-14(16(21)13-8-2-1-3-9-13)19(17(22)18-15)11-12-6-4-5-7-12;3*1-4-5(2)9(3)7(11)8-6(4)10;1-2/h1-5,8-10,12H,6-7,11H2,(H,18,20,22);3*1-3H3,(H,8,10,11);1-2H3. The second-order valence-corrected chi connectivity index (χ2v) is 13.0. The SMILES string of the molecule is CC.Cc1c(C)n(C)c(=O)[nH]c1=O.Cc1c(C)n(C)c(=O)[nH]c1=O.Cc1c(C)n(C)c(=O)[nH]c1=O.O=C(c1ccccc1)c1cc(=O)[nH]c(=O)n1CC1CC=CC1. The van der Waals surface area contributed by atoms with Crippen LogP contribution in [0.5, 0.6) is 0 Å². The van der Waals surface area contributed by atoms with Crippen LogP contribution in [0.3, 0.4) is 0 Å². The predicted molar refractivity (Wildman–Crippen MR) is 220 cm³/mol. The first kappa shape index (κ1) is 46.5. The molecule has 0 bridgehead atoms. The Labute approximate surface area is 327 Å². The minimum Gasteiger partial charge on any atom is -0.301 e. The number of hydrogen-bond acceptors (Lipinski definition) is 9. The lowest BCUT2D eigenvalue weighted by Gasteiger charge is -2.15. The van der Waals surface area contributed by atoms with Gasteiger partial charge in [-0.1, -0.05) is 56.3 Å². The molecule has 0 saturated heterocycles. The molecule has 17 nitrogen and oxygen atoms in total. The molecule has 4 N–H and O–H groups in total. The van der Waals surface area contributed by atoms with Crippen LogP contribution in [0.1, 0.15) is 76.5 Å². The fourth-order valence-corrected chi connectivity index (χ4v) is 5.24. The number of nitrogens with zero attached hydrogens (tertiary/aromatic N) is 4. The molecule has 1 aliphatic rings. The van der Waals surface area contributed by atoms with Crippen molar-refractivity contribution in [3.8, 4) is 0 Å². The van der Waals surface area contributed by atoms with Gasteiger partial charge in [-0.15, -0.1) is 0 Å². The van der Waals surface area contributed by atoms with Gasteiger partial charge in [0.15, 0.2) is 0 Å². The topological polar surface area (TPSA) is 237 Å². The van der Waals surface area contributed by atoms with Gasteiger partial charge in [0.2, 0.25) is 5.78 Å². The molecule has 0 atom stereocenters. The second-order valence-electron chi connectivity index (χ2n) is 13.0. The van der Waals surface area contributed by atoms with Crippen LogP contribution in [0, 0.1) is 47.5 Å². The second kappa shape index (κ2) is 20.9. The minimum atomic E-state index is -0.551. The number of rotatable bonds is 4. The van der Waals surface area contributed by atoms with E-state index in [0.29, 0.717) is 45.9 Å². The lowest BCUT2D eigenvalue weighted by molar-refractivity contribution is 0.102. The number of benzene rings is 1. The fourth-order valence-electron chi connectivity index (χ4n) is 5.24. The van der Waals surface area contributed by atoms with Crippen molar-refractivity contribution in [2.24, 2.45) is 27.1 Å². The van der Waals surface area contributed by atoms with Crippen molar-refractivity contribution in [2.45, 2.75) is 74.8 Å². The fraction of sp³-hybridized carbons (Fsp3) is 0.375. The average molecular weight is 789 g/mol. The van der Waals surface area contributed by atoms with Crippen molar-refractivity contribution in [1.29, 1.82) is 0 Å². The molecule has 1 aliphatic carbocycles. The van der Waals surface area contributed by atoms with Gasteiger partial charge >= 0.3 is 22.8 Å². The third kappa shape index (κ3) is 11.9. The van der Waals surface area contributed by atoms with Gasteiger partial charge in [-0.05, 0) is 60.3 Å². The molecule has 5 aromatic rings. The highest BCUT2D eigenvalue weighted by molar-refractivity contribution is 6.07. The smallest absolute Gasteiger partial charge is 0.301 e. The van der Waals surface area contributed by atoms with Crippen molar-refractivity contribution in [1.82, 2.24) is 38.2 Å². The highest BCUT2D eigenvalue weighted by atomic mass is 16.2. The van der Waals surface area contributed by atoms with E-state index in [0.717, 1.165) is 12.8 Å². The zero-order valence-electron chi connectivity index (χ0n) is 34.3. The van der Waals surface area contributed by atoms with Gasteiger partial charge in [-0.3, -0.25) is 48.5 Å². The van der Waals surface area contributed by atoms with E-state index in [9.17, 15) is 43.2 Å². The van der Waals surface area contributed by atoms with Crippen LogP contribution in [0.2, 0.25) is 0 Å². The van der Waals surface area contributed by atoms with E-state index in [2.05, 4.69) is 32.1 Å². The van der Waals surface area contributed by atoms with Crippen molar-refractivity contribution in [3.63, 3.8) is 0 Å². The molecule has 0 aliphatic heterocycles. The summed E-state index contributed by atoms with van der Waals surface area (Å²) in [5, 5.41) is 0. The normalized spacial score (nSPS) is 11.5. The zero-order chi connectivity index (χ0) is 43.3. The Kier molecular flexibility index (Phi) is 17.0. The van der Waals surface area contributed by atoms with Crippen LogP contribution >= 0.6 is 0 Å². The van der Waals surface area contributed by atoms with Crippen LogP contribution in [-0.4, -0.2) is 44.0 Å². The van der Waals surface area contributed by atoms with Gasteiger partial charge in [0.25, 0.3) is 22.2 Å². The molecule has 0 unspecified atom stereocenters. The largest absolute Gasteiger partial charge is 0.328 e. The Balaban J connectivity index is 0.000000275. The maximum atomic E-state index is 12.6. The number of aromatic amines is 4. The van der Waals surface area contributed by atoms with E-state index in [-0.39, 0.29) is 51.1 Å². The van der Waals surface area contributed by atoms with E-state index >= 15 is 0 Å². The first-order chi connectivity index (χ1) is 26.8. The molecule has 1 aromatic carbocycles. The molecule has 6 rings (SSSR count). The molecular formula is C40H52N8O9. The molecule has 0 fully saturated rings. The van der Waals surface area contributed by atoms with Crippen molar-refractivity contribution >= 4 is 5.78 Å². The van der Waals surface area contributed by atoms with E-state index in [1.807, 2.05) is 19.9 Å². The van der Waals surface area contributed by atoms with Crippen LogP contribution in [0.15, 0.2) is 86.9 Å². The first-order valence-corrected chi connectivity index (χ1v) is 18.1. The van der Waals surface area contributed by atoms with Gasteiger partial charge in [-0.2, -0.15) is 0 Å². The summed E-state index contributed by atoms with van der Waals surface area (Å²) in [6, 6.07) is 9.88. The maximum Gasteiger partial charge on any atom is 0.328 e. The average Bonchev–Trinajstić information content (AvgIpc) is 3.72. The monoisotopic (exact) mass is 788 g/mol. The van der Waals surface area contributed by atoms with E-state index in [4.69, 9.17) is 0 Å². The number of aromatic nitrogens is 8. The highest BCUT2D eigenvalue weighted by Gasteiger charge is 2.19. The summed E-state index contributed by atoms with van der Waals surface area (Å²) < 4.78 is 5.62. The molecule has 0 radical (unpaired) electrons. The van der Waals surface area contributed by atoms with Crippen LogP contribution in [0.4, 0.5) is 0 Å². The number of carbonyl (C=O) groups is 1. The molecule has 0 spiro atoms. The van der Waals surface area contributed by atoms with Crippen molar-refractivity contribution in [2.75, 3.05) is 0 Å². The number of nitrogens with one attached hydrogen (secondary N) is 4. The minimum absolute atomic E-state index is 0.145. The van der Waals surface area contributed by atoms with Gasteiger partial charge in [-0.25, -0.2) is 19.2 Å². The number of H-pyrrole nitrogens is 4. The summed E-state index contributed by atoms with van der Waals surface area (Å²) in [6.07, 6.45) is 5.90. The third-order valence-electron chi connectivity index (χ3n) is 9.58. The summed E-state index contributed by atoms with van der Waals surface area (Å²) in [5.41, 5.74) is 1.43. The predicted octanol–water partition coefficient (Wildman–Crippen LogP) is 1.83. The molecule has 0 saturated carbocycles. The molecular weight excluding hydrogens is 736 g/mol. The Morgan fingerprint density at radius 3 is 1.32 bits per heavy atom. The van der Waals surface area contributed by atoms with Crippen molar-refractivity contribution in [3.05, 3.63) is 177 Å². The van der Waals surface area contributed by atoms with Gasteiger partial charge in [0, 0.05) is 73.1 Å². The van der Waals surface area contributed by atoms with Gasteiger partial charge < -0.3 is 13.7 Å². The summed E-state index contributed by atoms with van der Waals surface area (Å²) in [6.45, 7) is 14.7.